The highest BCUT2D eigenvalue weighted by molar-refractivity contribution is 7.09. The van der Waals surface area contributed by atoms with Crippen LogP contribution in [0, 0.1) is 0 Å². The number of rotatable bonds is 6. The van der Waals surface area contributed by atoms with Crippen molar-refractivity contribution in [3.05, 3.63) is 16.6 Å². The molecule has 0 aliphatic heterocycles. The predicted molar refractivity (Wildman–Crippen MR) is 66.2 cm³/mol. The Morgan fingerprint density at radius 2 is 2.31 bits per heavy atom. The van der Waals surface area contributed by atoms with Gasteiger partial charge in [-0.15, -0.1) is 11.3 Å². The summed E-state index contributed by atoms with van der Waals surface area (Å²) < 4.78 is 0. The van der Waals surface area contributed by atoms with Crippen LogP contribution in [0.4, 0.5) is 0 Å². The molecule has 2 unspecified atom stereocenters. The summed E-state index contributed by atoms with van der Waals surface area (Å²) in [5.41, 5.74) is 5.74. The van der Waals surface area contributed by atoms with Gasteiger partial charge in [-0.3, -0.25) is 4.79 Å². The number of amides is 1. The van der Waals surface area contributed by atoms with Gasteiger partial charge in [0.25, 0.3) is 0 Å². The highest BCUT2D eigenvalue weighted by atomic mass is 32.1. The number of carbonyl (C=O) groups is 1. The summed E-state index contributed by atoms with van der Waals surface area (Å²) in [5.74, 6) is 0.0106. The first-order valence-corrected chi connectivity index (χ1v) is 6.49. The molecule has 1 amide bonds. The van der Waals surface area contributed by atoms with Gasteiger partial charge < -0.3 is 11.1 Å². The third-order valence-electron chi connectivity index (χ3n) is 2.46. The van der Waals surface area contributed by atoms with Crippen molar-refractivity contribution < 1.29 is 4.79 Å². The number of nitrogens with one attached hydrogen (secondary N) is 1. The summed E-state index contributed by atoms with van der Waals surface area (Å²) in [5, 5.41) is 5.84. The Kier molecular flexibility index (Phi) is 5.42. The molecular formula is C11H19N3OS. The van der Waals surface area contributed by atoms with Crippen molar-refractivity contribution in [2.24, 2.45) is 5.73 Å². The molecule has 0 aliphatic rings. The quantitative estimate of drug-likeness (QED) is 0.798. The molecule has 16 heavy (non-hydrogen) atoms. The van der Waals surface area contributed by atoms with Crippen LogP contribution in [0.3, 0.4) is 0 Å². The fourth-order valence-corrected chi connectivity index (χ4v) is 2.15. The van der Waals surface area contributed by atoms with Crippen LogP contribution in [-0.4, -0.2) is 16.9 Å². The minimum atomic E-state index is -0.0474. The monoisotopic (exact) mass is 241 g/mol. The second-order valence-electron chi connectivity index (χ2n) is 3.77. The number of nitrogens with zero attached hydrogens (tertiary/aromatic N) is 1. The Balaban J connectivity index is 2.48. The first-order valence-electron chi connectivity index (χ1n) is 5.61. The van der Waals surface area contributed by atoms with Gasteiger partial charge in [0.1, 0.15) is 5.01 Å². The van der Waals surface area contributed by atoms with Gasteiger partial charge in [0, 0.05) is 24.0 Å². The lowest BCUT2D eigenvalue weighted by Crippen LogP contribution is -2.33. The maximum absolute atomic E-state index is 11.7. The predicted octanol–water partition coefficient (Wildman–Crippen LogP) is 1.84. The van der Waals surface area contributed by atoms with Gasteiger partial charge in [-0.05, 0) is 12.8 Å². The van der Waals surface area contributed by atoms with E-state index in [1.54, 1.807) is 17.5 Å². The van der Waals surface area contributed by atoms with E-state index in [1.165, 1.54) is 0 Å². The van der Waals surface area contributed by atoms with Crippen molar-refractivity contribution in [2.75, 3.05) is 0 Å². The van der Waals surface area contributed by atoms with Gasteiger partial charge in [0.2, 0.25) is 5.91 Å². The smallest absolute Gasteiger partial charge is 0.222 e. The molecule has 1 aromatic heterocycles. The van der Waals surface area contributed by atoms with E-state index in [1.807, 2.05) is 19.2 Å². The number of hydrogen-bond acceptors (Lipinski definition) is 4. The third kappa shape index (κ3) is 3.90. The second-order valence-corrected chi connectivity index (χ2v) is 4.70. The van der Waals surface area contributed by atoms with Gasteiger partial charge >= 0.3 is 0 Å². The van der Waals surface area contributed by atoms with E-state index in [4.69, 9.17) is 5.73 Å². The van der Waals surface area contributed by atoms with Crippen LogP contribution in [0.25, 0.3) is 0 Å². The Bertz CT molecular complexity index is 313. The van der Waals surface area contributed by atoms with Crippen molar-refractivity contribution in [1.29, 1.82) is 0 Å². The highest BCUT2D eigenvalue weighted by Crippen LogP contribution is 2.18. The molecular weight excluding hydrogens is 222 g/mol. The molecule has 1 heterocycles. The standard InChI is InChI=1S/C11H19N3OS/c1-3-8(12)7-10(15)14-9(4-2)11-13-5-6-16-11/h5-6,8-9H,3-4,7,12H2,1-2H3,(H,14,15). The zero-order valence-corrected chi connectivity index (χ0v) is 10.6. The van der Waals surface area contributed by atoms with Crippen molar-refractivity contribution in [2.45, 2.75) is 45.2 Å². The number of carbonyl (C=O) groups excluding carboxylic acids is 1. The molecule has 5 heteroatoms. The van der Waals surface area contributed by atoms with Crippen LogP contribution in [0.1, 0.15) is 44.2 Å². The second kappa shape index (κ2) is 6.60. The largest absolute Gasteiger partial charge is 0.347 e. The molecule has 0 radical (unpaired) electrons. The number of aromatic nitrogens is 1. The molecule has 0 bridgehead atoms. The molecule has 2 atom stereocenters. The van der Waals surface area contributed by atoms with Crippen LogP contribution in [-0.2, 0) is 4.79 Å². The lowest BCUT2D eigenvalue weighted by molar-refractivity contribution is -0.122. The Morgan fingerprint density at radius 3 is 2.81 bits per heavy atom. The topological polar surface area (TPSA) is 68.0 Å². The highest BCUT2D eigenvalue weighted by Gasteiger charge is 2.16. The number of thiazole rings is 1. The van der Waals surface area contributed by atoms with Crippen LogP contribution in [0.2, 0.25) is 0 Å². The summed E-state index contributed by atoms with van der Waals surface area (Å²) in [6, 6.07) is -0.0228. The molecule has 90 valence electrons. The summed E-state index contributed by atoms with van der Waals surface area (Å²) in [7, 11) is 0. The first-order chi connectivity index (χ1) is 7.67. The van der Waals surface area contributed by atoms with Crippen LogP contribution in [0.15, 0.2) is 11.6 Å². The van der Waals surface area contributed by atoms with E-state index in [0.29, 0.717) is 6.42 Å². The van der Waals surface area contributed by atoms with E-state index in [9.17, 15) is 4.79 Å². The van der Waals surface area contributed by atoms with Crippen molar-refractivity contribution in [3.8, 4) is 0 Å². The van der Waals surface area contributed by atoms with Crippen molar-refractivity contribution >= 4 is 17.2 Å². The molecule has 0 fully saturated rings. The fourth-order valence-electron chi connectivity index (χ4n) is 1.38. The van der Waals surface area contributed by atoms with Gasteiger partial charge in [0.15, 0.2) is 0 Å². The zero-order valence-electron chi connectivity index (χ0n) is 9.77. The van der Waals surface area contributed by atoms with Gasteiger partial charge in [0.05, 0.1) is 6.04 Å². The lowest BCUT2D eigenvalue weighted by Gasteiger charge is -2.16. The minimum Gasteiger partial charge on any atom is -0.347 e. The first kappa shape index (κ1) is 13.1. The summed E-state index contributed by atoms with van der Waals surface area (Å²) >= 11 is 1.57. The van der Waals surface area contributed by atoms with Crippen LogP contribution < -0.4 is 11.1 Å². The number of hydrogen-bond donors (Lipinski definition) is 2. The average Bonchev–Trinajstić information content (AvgIpc) is 2.79. The molecule has 4 nitrogen and oxygen atoms in total. The number of nitrogens with two attached hydrogens (primary N) is 1. The summed E-state index contributed by atoms with van der Waals surface area (Å²) in [4.78, 5) is 15.9. The van der Waals surface area contributed by atoms with E-state index < -0.39 is 0 Å². The maximum atomic E-state index is 11.7. The average molecular weight is 241 g/mol. The zero-order chi connectivity index (χ0) is 12.0. The Morgan fingerprint density at radius 1 is 1.56 bits per heavy atom. The molecule has 0 aromatic carbocycles. The van der Waals surface area contributed by atoms with Crippen LogP contribution >= 0.6 is 11.3 Å². The molecule has 0 saturated heterocycles. The van der Waals surface area contributed by atoms with Gasteiger partial charge in [-0.2, -0.15) is 0 Å². The summed E-state index contributed by atoms with van der Waals surface area (Å²) in [6.07, 6.45) is 3.81. The Hall–Kier alpha value is -0.940. The van der Waals surface area contributed by atoms with E-state index in [2.05, 4.69) is 10.3 Å². The van der Waals surface area contributed by atoms with Crippen molar-refractivity contribution in [1.82, 2.24) is 10.3 Å². The van der Waals surface area contributed by atoms with Gasteiger partial charge in [-0.1, -0.05) is 13.8 Å². The van der Waals surface area contributed by atoms with E-state index in [0.717, 1.165) is 17.8 Å². The molecule has 3 N–H and O–H groups in total. The normalized spacial score (nSPS) is 14.4. The van der Waals surface area contributed by atoms with Gasteiger partial charge in [-0.25, -0.2) is 4.98 Å². The van der Waals surface area contributed by atoms with Crippen molar-refractivity contribution in [3.63, 3.8) is 0 Å². The lowest BCUT2D eigenvalue weighted by atomic mass is 10.1. The van der Waals surface area contributed by atoms with E-state index in [-0.39, 0.29) is 18.0 Å². The molecule has 0 saturated carbocycles. The molecule has 0 spiro atoms. The molecule has 0 aliphatic carbocycles. The van der Waals surface area contributed by atoms with Crippen LogP contribution in [0.5, 0.6) is 0 Å². The SMILES string of the molecule is CCC(N)CC(=O)NC(CC)c1nccs1. The molecule has 1 aromatic rings. The third-order valence-corrected chi connectivity index (χ3v) is 3.35. The maximum Gasteiger partial charge on any atom is 0.222 e. The molecule has 1 rings (SSSR count). The Labute approximate surface area is 100 Å². The minimum absolute atomic E-state index is 0.0106. The fraction of sp³-hybridized carbons (Fsp3) is 0.636. The summed E-state index contributed by atoms with van der Waals surface area (Å²) in [6.45, 7) is 4.02. The van der Waals surface area contributed by atoms with E-state index >= 15 is 0 Å².